The van der Waals surface area contributed by atoms with Crippen molar-refractivity contribution < 1.29 is 0 Å². The van der Waals surface area contributed by atoms with E-state index in [1.807, 2.05) is 0 Å². The summed E-state index contributed by atoms with van der Waals surface area (Å²) in [4.78, 5) is 3.79. The highest BCUT2D eigenvalue weighted by molar-refractivity contribution is 6.18. The van der Waals surface area contributed by atoms with Crippen LogP contribution in [0.5, 0.6) is 0 Å². The third kappa shape index (κ3) is 3.12. The second-order valence-corrected chi connectivity index (χ2v) is 10.7. The Bertz CT molecular complexity index is 2060. The predicted molar refractivity (Wildman–Crippen MR) is 164 cm³/mol. The van der Waals surface area contributed by atoms with E-state index < -0.39 is 0 Å². The summed E-state index contributed by atoms with van der Waals surface area (Å²) >= 11 is 0. The van der Waals surface area contributed by atoms with Gasteiger partial charge in [0.05, 0.1) is 5.52 Å². The summed E-state index contributed by atoms with van der Waals surface area (Å²) < 4.78 is 0. The lowest BCUT2D eigenvalue weighted by Gasteiger charge is -2.26. The van der Waals surface area contributed by atoms with E-state index in [9.17, 15) is 0 Å². The molecule has 1 N–H and O–H groups in total. The van der Waals surface area contributed by atoms with Gasteiger partial charge in [-0.2, -0.15) is 0 Å². The third-order valence-corrected chi connectivity index (χ3v) is 8.33. The average Bonchev–Trinajstić information content (AvgIpc) is 3.35. The second-order valence-electron chi connectivity index (χ2n) is 10.7. The van der Waals surface area contributed by atoms with Gasteiger partial charge in [0.1, 0.15) is 0 Å². The molecule has 1 nitrogen and oxygen atoms in total. The molecule has 0 spiro atoms. The van der Waals surface area contributed by atoms with Crippen LogP contribution in [0.3, 0.4) is 0 Å². The Hall–Kier alpha value is -4.62. The molecule has 0 saturated carbocycles. The highest BCUT2D eigenvalue weighted by Gasteiger charge is 2.23. The van der Waals surface area contributed by atoms with E-state index in [4.69, 9.17) is 0 Å². The van der Waals surface area contributed by atoms with Crippen LogP contribution in [-0.4, -0.2) is 4.98 Å². The van der Waals surface area contributed by atoms with Crippen LogP contribution in [0.25, 0.3) is 71.7 Å². The van der Waals surface area contributed by atoms with E-state index in [-0.39, 0.29) is 0 Å². The average molecular weight is 486 g/mol. The van der Waals surface area contributed by atoms with Crippen LogP contribution in [0.1, 0.15) is 18.1 Å². The molecule has 0 radical (unpaired) electrons. The van der Waals surface area contributed by atoms with E-state index in [0.29, 0.717) is 5.92 Å². The molecule has 1 aliphatic carbocycles. The first-order chi connectivity index (χ1) is 18.8. The van der Waals surface area contributed by atoms with Gasteiger partial charge in [-0.05, 0) is 67.9 Å². The number of nitrogens with one attached hydrogen (secondary N) is 1. The van der Waals surface area contributed by atoms with Crippen molar-refractivity contribution in [3.63, 3.8) is 0 Å². The van der Waals surface area contributed by atoms with Crippen LogP contribution in [0.4, 0.5) is 0 Å². The minimum Gasteiger partial charge on any atom is -0.354 e. The summed E-state index contributed by atoms with van der Waals surface area (Å²) in [6.45, 7) is 2.32. The van der Waals surface area contributed by atoms with Gasteiger partial charge < -0.3 is 4.98 Å². The van der Waals surface area contributed by atoms with Crippen molar-refractivity contribution in [2.24, 2.45) is 5.92 Å². The van der Waals surface area contributed by atoms with Crippen LogP contribution < -0.4 is 0 Å². The SMILES string of the molecule is CC1C=Cc2c(c(-c3ccccc3)c3ccccc3c2-c2ccc3c(c2)[nH]c2c4ccccc4ccc32)C1. The molecule has 38 heavy (non-hydrogen) atoms. The first-order valence-corrected chi connectivity index (χ1v) is 13.5. The number of aromatic amines is 1. The Labute approximate surface area is 222 Å². The first kappa shape index (κ1) is 21.5. The summed E-state index contributed by atoms with van der Waals surface area (Å²) in [7, 11) is 0. The predicted octanol–water partition coefficient (Wildman–Crippen LogP) is 10.2. The highest BCUT2D eigenvalue weighted by atomic mass is 14.7. The zero-order valence-corrected chi connectivity index (χ0v) is 21.3. The van der Waals surface area contributed by atoms with Gasteiger partial charge >= 0.3 is 0 Å². The minimum atomic E-state index is 0.517. The van der Waals surface area contributed by atoms with Crippen molar-refractivity contribution in [2.45, 2.75) is 13.3 Å². The minimum absolute atomic E-state index is 0.517. The van der Waals surface area contributed by atoms with Crippen molar-refractivity contribution >= 4 is 49.4 Å². The van der Waals surface area contributed by atoms with Crippen molar-refractivity contribution in [3.8, 4) is 22.3 Å². The van der Waals surface area contributed by atoms with Crippen molar-refractivity contribution in [1.29, 1.82) is 0 Å². The fraction of sp³-hybridized carbons (Fsp3) is 0.0811. The smallest absolute Gasteiger partial charge is 0.0544 e. The van der Waals surface area contributed by atoms with Gasteiger partial charge in [-0.25, -0.2) is 0 Å². The molecule has 0 bridgehead atoms. The van der Waals surface area contributed by atoms with E-state index in [2.05, 4.69) is 133 Å². The van der Waals surface area contributed by atoms with Crippen LogP contribution in [0, 0.1) is 5.92 Å². The zero-order chi connectivity index (χ0) is 25.2. The van der Waals surface area contributed by atoms with Gasteiger partial charge in [-0.3, -0.25) is 0 Å². The van der Waals surface area contributed by atoms with E-state index >= 15 is 0 Å². The van der Waals surface area contributed by atoms with Crippen molar-refractivity contribution in [1.82, 2.24) is 4.98 Å². The number of hydrogen-bond acceptors (Lipinski definition) is 0. The van der Waals surface area contributed by atoms with Gasteiger partial charge in [-0.15, -0.1) is 0 Å². The number of H-pyrrole nitrogens is 1. The highest BCUT2D eigenvalue weighted by Crippen LogP contribution is 2.46. The maximum Gasteiger partial charge on any atom is 0.0544 e. The molecule has 1 unspecified atom stereocenters. The topological polar surface area (TPSA) is 15.8 Å². The number of allylic oxidation sites excluding steroid dienone is 1. The monoisotopic (exact) mass is 485 g/mol. The first-order valence-electron chi connectivity index (χ1n) is 13.5. The molecule has 1 heterocycles. The van der Waals surface area contributed by atoms with Gasteiger partial charge in [0.2, 0.25) is 0 Å². The van der Waals surface area contributed by atoms with E-state index in [0.717, 1.165) is 6.42 Å². The van der Waals surface area contributed by atoms with Crippen LogP contribution >= 0.6 is 0 Å². The molecule has 0 fully saturated rings. The second kappa shape index (κ2) is 8.19. The van der Waals surface area contributed by atoms with E-state index in [1.165, 1.54) is 76.7 Å². The molecule has 1 atom stereocenters. The van der Waals surface area contributed by atoms with Crippen molar-refractivity contribution in [2.75, 3.05) is 0 Å². The summed E-state index contributed by atoms with van der Waals surface area (Å²) in [5, 5.41) is 7.74. The molecule has 1 aliphatic rings. The molecule has 7 aromatic rings. The molecule has 6 aromatic carbocycles. The Morgan fingerprint density at radius 2 is 1.32 bits per heavy atom. The molecule has 0 saturated heterocycles. The molecular formula is C37H27N. The Morgan fingerprint density at radius 1 is 0.605 bits per heavy atom. The number of aromatic nitrogens is 1. The maximum absolute atomic E-state index is 3.79. The van der Waals surface area contributed by atoms with Gasteiger partial charge in [0.25, 0.3) is 0 Å². The summed E-state index contributed by atoms with van der Waals surface area (Å²) in [6.07, 6.45) is 5.80. The van der Waals surface area contributed by atoms with E-state index in [1.54, 1.807) is 0 Å². The fourth-order valence-corrected chi connectivity index (χ4v) is 6.61. The fourth-order valence-electron chi connectivity index (χ4n) is 6.61. The lowest BCUT2D eigenvalue weighted by atomic mass is 9.78. The van der Waals surface area contributed by atoms with Crippen LogP contribution in [-0.2, 0) is 6.42 Å². The summed E-state index contributed by atoms with van der Waals surface area (Å²) in [5.41, 5.74) is 10.5. The number of rotatable bonds is 2. The number of benzene rings is 6. The number of fused-ring (bicyclic) bond motifs is 7. The lowest BCUT2D eigenvalue weighted by Crippen LogP contribution is -2.08. The molecule has 0 amide bonds. The third-order valence-electron chi connectivity index (χ3n) is 8.33. The summed E-state index contributed by atoms with van der Waals surface area (Å²) in [6, 6.07) is 40.0. The zero-order valence-electron chi connectivity index (χ0n) is 21.3. The largest absolute Gasteiger partial charge is 0.354 e. The van der Waals surface area contributed by atoms with Crippen molar-refractivity contribution in [3.05, 3.63) is 126 Å². The summed E-state index contributed by atoms with van der Waals surface area (Å²) in [5.74, 6) is 0.517. The molecule has 1 heteroatoms. The van der Waals surface area contributed by atoms with Crippen LogP contribution in [0.2, 0.25) is 0 Å². The lowest BCUT2D eigenvalue weighted by molar-refractivity contribution is 0.719. The quantitative estimate of drug-likeness (QED) is 0.251. The van der Waals surface area contributed by atoms with Crippen LogP contribution in [0.15, 0.2) is 115 Å². The number of hydrogen-bond donors (Lipinski definition) is 1. The molecule has 0 aliphatic heterocycles. The van der Waals surface area contributed by atoms with Gasteiger partial charge in [0, 0.05) is 21.7 Å². The van der Waals surface area contributed by atoms with Gasteiger partial charge in [-0.1, -0.05) is 122 Å². The Morgan fingerprint density at radius 3 is 2.16 bits per heavy atom. The molecular weight excluding hydrogens is 458 g/mol. The maximum atomic E-state index is 3.79. The Balaban J connectivity index is 1.45. The standard InChI is InChI=1S/C37H27N/c1-23-15-18-31-33(21-23)35(25-10-3-2-4-11-25)29-13-7-8-14-30(29)36(31)26-17-19-28-32-20-16-24-9-5-6-12-27(24)37(32)38-34(28)22-26/h2-20,22-23,38H,21H2,1H3. The normalized spacial score (nSPS) is 15.0. The molecule has 1 aromatic heterocycles. The molecule has 8 rings (SSSR count). The molecule has 180 valence electrons. The Kier molecular flexibility index (Phi) is 4.63. The van der Waals surface area contributed by atoms with Gasteiger partial charge in [0.15, 0.2) is 0 Å².